The van der Waals surface area contributed by atoms with E-state index in [2.05, 4.69) is 22.4 Å². The van der Waals surface area contributed by atoms with Gasteiger partial charge in [-0.05, 0) is 32.7 Å². The Balaban J connectivity index is 2.12. The molecule has 0 bridgehead atoms. The Hall–Kier alpha value is -0.530. The molecule has 5 nitrogen and oxygen atoms in total. The first-order valence-electron chi connectivity index (χ1n) is 6.83. The predicted octanol–water partition coefficient (Wildman–Crippen LogP) is 2.24. The van der Waals surface area contributed by atoms with E-state index in [0.29, 0.717) is 11.4 Å². The van der Waals surface area contributed by atoms with Gasteiger partial charge in [0.05, 0.1) is 11.8 Å². The number of aromatic nitrogens is 2. The number of hydrogen-bond donors (Lipinski definition) is 1. The van der Waals surface area contributed by atoms with Crippen molar-refractivity contribution in [3.8, 4) is 0 Å². The lowest BCUT2D eigenvalue weighted by molar-refractivity contribution is 0.543. The third-order valence-corrected chi connectivity index (χ3v) is 6.93. The molecule has 2 heterocycles. The van der Waals surface area contributed by atoms with E-state index in [1.807, 2.05) is 6.92 Å². The number of nitrogens with one attached hydrogen (secondary N) is 1. The van der Waals surface area contributed by atoms with Crippen LogP contribution in [0, 0.1) is 0 Å². The largest absolute Gasteiger partial charge is 0.308 e. The lowest BCUT2D eigenvalue weighted by Crippen LogP contribution is -2.21. The normalized spacial score (nSPS) is 24.2. The van der Waals surface area contributed by atoms with E-state index in [-0.39, 0.29) is 11.8 Å². The van der Waals surface area contributed by atoms with Crippen LogP contribution in [-0.2, 0) is 9.84 Å². The molecule has 1 N–H and O–H groups in total. The lowest BCUT2D eigenvalue weighted by atomic mass is 10.2. The smallest absolute Gasteiger partial charge is 0.159 e. The molecule has 0 amide bonds. The first kappa shape index (κ1) is 14.9. The highest BCUT2D eigenvalue weighted by molar-refractivity contribution is 7.91. The maximum atomic E-state index is 12.1. The highest BCUT2D eigenvalue weighted by Crippen LogP contribution is 2.35. The fourth-order valence-corrected chi connectivity index (χ4v) is 5.47. The summed E-state index contributed by atoms with van der Waals surface area (Å²) in [5.74, 6) is 0.288. The summed E-state index contributed by atoms with van der Waals surface area (Å²) in [6.45, 7) is 5.08. The molecule has 0 saturated carbocycles. The maximum absolute atomic E-state index is 12.1. The molecule has 2 unspecified atom stereocenters. The van der Waals surface area contributed by atoms with Crippen LogP contribution in [-0.4, -0.2) is 30.9 Å². The van der Waals surface area contributed by atoms with Gasteiger partial charge < -0.3 is 5.32 Å². The summed E-state index contributed by atoms with van der Waals surface area (Å²) < 4.78 is 24.1. The lowest BCUT2D eigenvalue weighted by Gasteiger charge is -2.19. The summed E-state index contributed by atoms with van der Waals surface area (Å²) in [4.78, 5) is 0. The van der Waals surface area contributed by atoms with Crippen LogP contribution in [0.25, 0.3) is 0 Å². The van der Waals surface area contributed by atoms with Crippen LogP contribution in [0.5, 0.6) is 0 Å². The fourth-order valence-electron chi connectivity index (χ4n) is 2.23. The molecule has 1 aliphatic rings. The molecule has 0 spiro atoms. The van der Waals surface area contributed by atoms with E-state index in [0.717, 1.165) is 30.8 Å². The van der Waals surface area contributed by atoms with Gasteiger partial charge in [0, 0.05) is 0 Å². The zero-order valence-corrected chi connectivity index (χ0v) is 13.1. The van der Waals surface area contributed by atoms with E-state index in [9.17, 15) is 8.42 Å². The molecule has 108 valence electrons. The van der Waals surface area contributed by atoms with Crippen molar-refractivity contribution in [2.45, 2.75) is 50.8 Å². The molecule has 1 aromatic rings. The second kappa shape index (κ2) is 6.28. The molecule has 7 heteroatoms. The predicted molar refractivity (Wildman–Crippen MR) is 77.0 cm³/mol. The summed E-state index contributed by atoms with van der Waals surface area (Å²) in [5, 5.41) is 12.7. The van der Waals surface area contributed by atoms with E-state index >= 15 is 0 Å². The minimum atomic E-state index is -3.02. The van der Waals surface area contributed by atoms with E-state index in [1.54, 1.807) is 0 Å². The zero-order chi connectivity index (χ0) is 13.9. The minimum Gasteiger partial charge on any atom is -0.308 e. The first-order valence-corrected chi connectivity index (χ1v) is 9.36. The molecule has 1 aromatic heterocycles. The molecule has 0 radical (unpaired) electrons. The van der Waals surface area contributed by atoms with Gasteiger partial charge in [0.25, 0.3) is 0 Å². The van der Waals surface area contributed by atoms with Crippen LogP contribution in [0.4, 0.5) is 0 Å². The summed E-state index contributed by atoms with van der Waals surface area (Å²) in [6, 6.07) is 0.137. The number of rotatable bonds is 5. The molecule has 1 saturated heterocycles. The van der Waals surface area contributed by atoms with Crippen molar-refractivity contribution >= 4 is 21.2 Å². The SMILES string of the molecule is CCCNC(C)c1nnc(C2CCCCS2(=O)=O)s1. The van der Waals surface area contributed by atoms with Gasteiger partial charge in [0.2, 0.25) is 0 Å². The van der Waals surface area contributed by atoms with E-state index < -0.39 is 15.1 Å². The molecular weight excluding hydrogens is 282 g/mol. The fraction of sp³-hybridized carbons (Fsp3) is 0.833. The van der Waals surface area contributed by atoms with Crippen LogP contribution < -0.4 is 5.32 Å². The Kier molecular flexibility index (Phi) is 4.92. The Labute approximate surface area is 118 Å². The number of hydrogen-bond acceptors (Lipinski definition) is 6. The van der Waals surface area contributed by atoms with Gasteiger partial charge in [-0.1, -0.05) is 24.7 Å². The van der Waals surface area contributed by atoms with Gasteiger partial charge >= 0.3 is 0 Å². The van der Waals surface area contributed by atoms with E-state index in [1.165, 1.54) is 11.3 Å². The van der Waals surface area contributed by atoms with Crippen LogP contribution in [0.1, 0.15) is 60.8 Å². The zero-order valence-electron chi connectivity index (χ0n) is 11.4. The average molecular weight is 303 g/mol. The first-order chi connectivity index (χ1) is 9.04. The van der Waals surface area contributed by atoms with E-state index in [4.69, 9.17) is 0 Å². The molecule has 1 aliphatic heterocycles. The van der Waals surface area contributed by atoms with Crippen molar-refractivity contribution in [1.82, 2.24) is 15.5 Å². The van der Waals surface area contributed by atoms with Crippen molar-refractivity contribution in [1.29, 1.82) is 0 Å². The second-order valence-corrected chi connectivity index (χ2v) is 8.35. The highest BCUT2D eigenvalue weighted by Gasteiger charge is 2.33. The monoisotopic (exact) mass is 303 g/mol. The Morgan fingerprint density at radius 2 is 2.21 bits per heavy atom. The summed E-state index contributed by atoms with van der Waals surface area (Å²) in [7, 11) is -3.02. The molecule has 2 rings (SSSR count). The third-order valence-electron chi connectivity index (χ3n) is 3.38. The molecule has 2 atom stereocenters. The van der Waals surface area contributed by atoms with Crippen LogP contribution >= 0.6 is 11.3 Å². The van der Waals surface area contributed by atoms with Crippen LogP contribution in [0.15, 0.2) is 0 Å². The van der Waals surface area contributed by atoms with Crippen LogP contribution in [0.2, 0.25) is 0 Å². The average Bonchev–Trinajstić information content (AvgIpc) is 2.84. The van der Waals surface area contributed by atoms with Crippen molar-refractivity contribution in [3.05, 3.63) is 10.0 Å². The summed E-state index contributed by atoms with van der Waals surface area (Å²) >= 11 is 1.44. The van der Waals surface area contributed by atoms with Crippen molar-refractivity contribution in [3.63, 3.8) is 0 Å². The summed E-state index contributed by atoms with van der Waals surface area (Å²) in [6.07, 6.45) is 3.49. The quantitative estimate of drug-likeness (QED) is 0.903. The standard InChI is InChI=1S/C12H21N3O2S2/c1-3-7-13-9(2)11-14-15-12(18-11)10-6-4-5-8-19(10,16)17/h9-10,13H,3-8H2,1-2H3. The molecule has 0 aromatic carbocycles. The third kappa shape index (κ3) is 3.52. The Morgan fingerprint density at radius 1 is 1.42 bits per heavy atom. The molecule has 19 heavy (non-hydrogen) atoms. The van der Waals surface area contributed by atoms with Gasteiger partial charge in [-0.3, -0.25) is 0 Å². The summed E-state index contributed by atoms with van der Waals surface area (Å²) in [5.41, 5.74) is 0. The maximum Gasteiger partial charge on any atom is 0.159 e. The highest BCUT2D eigenvalue weighted by atomic mass is 32.2. The second-order valence-electron chi connectivity index (χ2n) is 5.01. The van der Waals surface area contributed by atoms with Gasteiger partial charge in [0.15, 0.2) is 9.84 Å². The van der Waals surface area contributed by atoms with Crippen molar-refractivity contribution in [2.75, 3.05) is 12.3 Å². The topological polar surface area (TPSA) is 72.0 Å². The van der Waals surface area contributed by atoms with Crippen molar-refractivity contribution < 1.29 is 8.42 Å². The molecule has 1 fully saturated rings. The Morgan fingerprint density at radius 3 is 2.89 bits per heavy atom. The minimum absolute atomic E-state index is 0.137. The molecule has 0 aliphatic carbocycles. The van der Waals surface area contributed by atoms with Crippen molar-refractivity contribution in [2.24, 2.45) is 0 Å². The number of nitrogens with zero attached hydrogens (tertiary/aromatic N) is 2. The Bertz CT molecular complexity index is 513. The van der Waals surface area contributed by atoms with Crippen LogP contribution in [0.3, 0.4) is 0 Å². The number of sulfone groups is 1. The molecular formula is C12H21N3O2S2. The van der Waals surface area contributed by atoms with Gasteiger partial charge in [-0.25, -0.2) is 8.42 Å². The van der Waals surface area contributed by atoms with Gasteiger partial charge in [0.1, 0.15) is 15.3 Å². The van der Waals surface area contributed by atoms with Gasteiger partial charge in [-0.2, -0.15) is 0 Å². The van der Waals surface area contributed by atoms with Gasteiger partial charge in [-0.15, -0.1) is 10.2 Å².